The summed E-state index contributed by atoms with van der Waals surface area (Å²) in [6, 6.07) is 14.8. The second-order valence-electron chi connectivity index (χ2n) is 7.99. The number of benzene rings is 2. The van der Waals surface area contributed by atoms with Gasteiger partial charge < -0.3 is 19.4 Å². The zero-order chi connectivity index (χ0) is 25.6. The van der Waals surface area contributed by atoms with Crippen LogP contribution in [0.4, 0.5) is 5.69 Å². The lowest BCUT2D eigenvalue weighted by molar-refractivity contribution is -0.136. The molecule has 1 N–H and O–H groups in total. The molecule has 0 fully saturated rings. The van der Waals surface area contributed by atoms with E-state index in [2.05, 4.69) is 5.32 Å². The van der Waals surface area contributed by atoms with Gasteiger partial charge in [0.05, 0.1) is 23.5 Å². The number of hydrogen-bond donors (Lipinski definition) is 1. The summed E-state index contributed by atoms with van der Waals surface area (Å²) >= 11 is 0. The molecule has 1 heterocycles. The van der Waals surface area contributed by atoms with Gasteiger partial charge in [-0.15, -0.1) is 0 Å². The van der Waals surface area contributed by atoms with Crippen molar-refractivity contribution in [3.8, 4) is 0 Å². The van der Waals surface area contributed by atoms with E-state index in [0.29, 0.717) is 5.69 Å². The SMILES string of the molecule is Cc1cccc(C)c1NC(=O)CN(C)C(=O)COC(=O)c1occc1CS(=O)(=O)c1ccccc1. The summed E-state index contributed by atoms with van der Waals surface area (Å²) in [7, 11) is -2.31. The van der Waals surface area contributed by atoms with Crippen molar-refractivity contribution < 1.29 is 32.0 Å². The van der Waals surface area contributed by atoms with Gasteiger partial charge in [0.1, 0.15) is 0 Å². The Bertz CT molecular complexity index is 1310. The maximum absolute atomic E-state index is 12.6. The molecule has 0 radical (unpaired) electrons. The molecule has 0 saturated carbocycles. The molecule has 0 saturated heterocycles. The van der Waals surface area contributed by atoms with Crippen LogP contribution in [0.2, 0.25) is 0 Å². The quantitative estimate of drug-likeness (QED) is 0.450. The Kier molecular flexibility index (Phi) is 8.08. The van der Waals surface area contributed by atoms with Crippen LogP contribution in [0.25, 0.3) is 0 Å². The number of aryl methyl sites for hydroxylation is 2. The maximum Gasteiger partial charge on any atom is 0.375 e. The summed E-state index contributed by atoms with van der Waals surface area (Å²) in [5.74, 6) is -2.75. The van der Waals surface area contributed by atoms with Crippen molar-refractivity contribution in [3.63, 3.8) is 0 Å². The highest BCUT2D eigenvalue weighted by Crippen LogP contribution is 2.21. The van der Waals surface area contributed by atoms with Gasteiger partial charge in [0.25, 0.3) is 5.91 Å². The number of carbonyl (C=O) groups excluding carboxylic acids is 3. The zero-order valence-corrected chi connectivity index (χ0v) is 20.4. The fourth-order valence-corrected chi connectivity index (χ4v) is 4.72. The zero-order valence-electron chi connectivity index (χ0n) is 19.6. The van der Waals surface area contributed by atoms with Gasteiger partial charge in [-0.1, -0.05) is 36.4 Å². The second-order valence-corrected chi connectivity index (χ2v) is 9.98. The van der Waals surface area contributed by atoms with E-state index in [1.54, 1.807) is 18.2 Å². The molecule has 9 nitrogen and oxygen atoms in total. The molecule has 0 atom stereocenters. The molecule has 0 aliphatic rings. The third-order valence-corrected chi connectivity index (χ3v) is 6.94. The Morgan fingerprint density at radius 3 is 2.29 bits per heavy atom. The molecule has 1 aromatic heterocycles. The van der Waals surface area contributed by atoms with Crippen LogP contribution in [0.3, 0.4) is 0 Å². The van der Waals surface area contributed by atoms with Gasteiger partial charge in [-0.05, 0) is 43.2 Å². The molecule has 2 aromatic carbocycles. The van der Waals surface area contributed by atoms with Crippen LogP contribution in [0.1, 0.15) is 27.2 Å². The Labute approximate surface area is 203 Å². The third kappa shape index (κ3) is 6.57. The first-order valence-corrected chi connectivity index (χ1v) is 12.3. The lowest BCUT2D eigenvalue weighted by Gasteiger charge is -2.18. The predicted molar refractivity (Wildman–Crippen MR) is 129 cm³/mol. The largest absolute Gasteiger partial charge is 0.457 e. The molecule has 0 aliphatic carbocycles. The van der Waals surface area contributed by atoms with Gasteiger partial charge in [-0.2, -0.15) is 0 Å². The third-order valence-electron chi connectivity index (χ3n) is 5.26. The van der Waals surface area contributed by atoms with Gasteiger partial charge in [0.15, 0.2) is 16.4 Å². The molecule has 0 aliphatic heterocycles. The fraction of sp³-hybridized carbons (Fsp3) is 0.240. The molecule has 3 aromatic rings. The van der Waals surface area contributed by atoms with Gasteiger partial charge >= 0.3 is 5.97 Å². The highest BCUT2D eigenvalue weighted by Gasteiger charge is 2.24. The first-order valence-electron chi connectivity index (χ1n) is 10.7. The van der Waals surface area contributed by atoms with E-state index < -0.39 is 40.0 Å². The van der Waals surface area contributed by atoms with Crippen molar-refractivity contribution in [1.29, 1.82) is 0 Å². The number of carbonyl (C=O) groups is 3. The van der Waals surface area contributed by atoms with E-state index in [4.69, 9.17) is 9.15 Å². The summed E-state index contributed by atoms with van der Waals surface area (Å²) in [5.41, 5.74) is 2.59. The Morgan fingerprint density at radius 1 is 0.971 bits per heavy atom. The van der Waals surface area contributed by atoms with Crippen LogP contribution in [-0.2, 0) is 29.9 Å². The van der Waals surface area contributed by atoms with Crippen LogP contribution in [0.5, 0.6) is 0 Å². The number of anilines is 1. The van der Waals surface area contributed by atoms with Crippen LogP contribution in [0, 0.1) is 13.8 Å². The molecule has 0 spiro atoms. The molecule has 0 unspecified atom stereocenters. The maximum atomic E-state index is 12.6. The van der Waals surface area contributed by atoms with Gasteiger partial charge in [0, 0.05) is 18.3 Å². The van der Waals surface area contributed by atoms with Crippen molar-refractivity contribution in [2.24, 2.45) is 0 Å². The number of para-hydroxylation sites is 1. The first-order chi connectivity index (χ1) is 16.6. The summed E-state index contributed by atoms with van der Waals surface area (Å²) in [5, 5.41) is 2.78. The Hall–Kier alpha value is -3.92. The summed E-state index contributed by atoms with van der Waals surface area (Å²) < 4.78 is 35.4. The topological polar surface area (TPSA) is 123 Å². The van der Waals surface area contributed by atoms with E-state index in [9.17, 15) is 22.8 Å². The highest BCUT2D eigenvalue weighted by atomic mass is 32.2. The summed E-state index contributed by atoms with van der Waals surface area (Å²) in [4.78, 5) is 38.4. The van der Waals surface area contributed by atoms with E-state index >= 15 is 0 Å². The molecular formula is C25H26N2O7S. The predicted octanol–water partition coefficient (Wildman–Crippen LogP) is 3.12. The Balaban J connectivity index is 1.56. The number of nitrogens with one attached hydrogen (secondary N) is 1. The fourth-order valence-electron chi connectivity index (χ4n) is 3.34. The standard InChI is InChI=1S/C25H26N2O7S/c1-17-8-7-9-18(2)23(17)26-21(28)14-27(3)22(29)15-34-25(30)24-19(12-13-33-24)16-35(31,32)20-10-5-4-6-11-20/h4-13H,14-16H2,1-3H3,(H,26,28). The molecule has 184 valence electrons. The van der Waals surface area contributed by atoms with Crippen LogP contribution in [-0.4, -0.2) is 51.3 Å². The monoisotopic (exact) mass is 498 g/mol. The molecule has 2 amide bonds. The average Bonchev–Trinajstić information content (AvgIpc) is 3.27. The molecule has 0 bridgehead atoms. The smallest absolute Gasteiger partial charge is 0.375 e. The second kappa shape index (κ2) is 11.0. The van der Waals surface area contributed by atoms with Gasteiger partial charge in [0.2, 0.25) is 11.7 Å². The van der Waals surface area contributed by atoms with E-state index in [1.807, 2.05) is 32.0 Å². The molecule has 10 heteroatoms. The minimum absolute atomic E-state index is 0.108. The Morgan fingerprint density at radius 2 is 1.63 bits per heavy atom. The van der Waals surface area contributed by atoms with Gasteiger partial charge in [-0.3, -0.25) is 9.59 Å². The number of rotatable bonds is 9. The number of hydrogen-bond acceptors (Lipinski definition) is 7. The number of amides is 2. The lowest BCUT2D eigenvalue weighted by Crippen LogP contribution is -2.37. The number of ether oxygens (including phenoxy) is 1. The minimum atomic E-state index is -3.72. The van der Waals surface area contributed by atoms with Crippen molar-refractivity contribution in [1.82, 2.24) is 4.90 Å². The van der Waals surface area contributed by atoms with Crippen LogP contribution >= 0.6 is 0 Å². The average molecular weight is 499 g/mol. The van der Waals surface area contributed by atoms with Crippen LogP contribution < -0.4 is 5.32 Å². The van der Waals surface area contributed by atoms with Crippen molar-refractivity contribution in [2.75, 3.05) is 25.5 Å². The normalized spacial score (nSPS) is 11.1. The van der Waals surface area contributed by atoms with E-state index in [1.165, 1.54) is 31.5 Å². The number of esters is 1. The number of sulfone groups is 1. The van der Waals surface area contributed by atoms with E-state index in [0.717, 1.165) is 16.0 Å². The van der Waals surface area contributed by atoms with Gasteiger partial charge in [-0.25, -0.2) is 13.2 Å². The molecule has 35 heavy (non-hydrogen) atoms. The van der Waals surface area contributed by atoms with Crippen molar-refractivity contribution in [2.45, 2.75) is 24.5 Å². The number of likely N-dealkylation sites (N-methyl/N-ethyl adjacent to an activating group) is 1. The highest BCUT2D eigenvalue weighted by molar-refractivity contribution is 7.90. The molecule has 3 rings (SSSR count). The van der Waals surface area contributed by atoms with Crippen molar-refractivity contribution >= 4 is 33.3 Å². The lowest BCUT2D eigenvalue weighted by atomic mass is 10.1. The summed E-state index contributed by atoms with van der Waals surface area (Å²) in [6.45, 7) is 2.85. The molecular weight excluding hydrogens is 472 g/mol. The van der Waals surface area contributed by atoms with Crippen LogP contribution in [0.15, 0.2) is 70.2 Å². The first kappa shape index (κ1) is 25.7. The minimum Gasteiger partial charge on any atom is -0.457 e. The van der Waals surface area contributed by atoms with E-state index in [-0.39, 0.29) is 22.8 Å². The summed E-state index contributed by atoms with van der Waals surface area (Å²) in [6.07, 6.45) is 1.18. The number of nitrogens with zero attached hydrogens (tertiary/aromatic N) is 1. The van der Waals surface area contributed by atoms with Crippen molar-refractivity contribution in [3.05, 3.63) is 83.3 Å². The number of furan rings is 1.